The van der Waals surface area contributed by atoms with Crippen LogP contribution >= 0.6 is 0 Å². The SMILES string of the molecule is COc1ccccc1N(C)C(=O)c1cccnc1NN. The molecular weight excluding hydrogens is 256 g/mol. The van der Waals surface area contributed by atoms with E-state index in [4.69, 9.17) is 10.6 Å². The number of aromatic nitrogens is 1. The Bertz CT molecular complexity index is 616. The zero-order chi connectivity index (χ0) is 14.5. The molecule has 6 heteroatoms. The number of hydrazine groups is 1. The van der Waals surface area contributed by atoms with E-state index in [0.717, 1.165) is 0 Å². The van der Waals surface area contributed by atoms with E-state index in [1.165, 1.54) is 4.90 Å². The third-order valence-electron chi connectivity index (χ3n) is 2.93. The van der Waals surface area contributed by atoms with E-state index in [1.807, 2.05) is 18.2 Å². The van der Waals surface area contributed by atoms with Crippen molar-refractivity contribution in [2.24, 2.45) is 5.84 Å². The topological polar surface area (TPSA) is 80.5 Å². The Morgan fingerprint density at radius 3 is 2.75 bits per heavy atom. The number of nitrogen functional groups attached to an aromatic ring is 1. The van der Waals surface area contributed by atoms with Gasteiger partial charge in [0.15, 0.2) is 5.82 Å². The van der Waals surface area contributed by atoms with E-state index in [2.05, 4.69) is 10.4 Å². The first-order chi connectivity index (χ1) is 9.69. The molecule has 0 aliphatic heterocycles. The fraction of sp³-hybridized carbons (Fsp3) is 0.143. The number of methoxy groups -OCH3 is 1. The summed E-state index contributed by atoms with van der Waals surface area (Å²) in [6.45, 7) is 0. The predicted molar refractivity (Wildman–Crippen MR) is 77.8 cm³/mol. The van der Waals surface area contributed by atoms with Gasteiger partial charge in [-0.25, -0.2) is 10.8 Å². The molecule has 0 aliphatic carbocycles. The fourth-order valence-corrected chi connectivity index (χ4v) is 1.89. The van der Waals surface area contributed by atoms with E-state index in [9.17, 15) is 4.79 Å². The second-order valence-corrected chi connectivity index (χ2v) is 4.08. The van der Waals surface area contributed by atoms with Gasteiger partial charge in [-0.3, -0.25) is 4.79 Å². The maximum Gasteiger partial charge on any atom is 0.261 e. The smallest absolute Gasteiger partial charge is 0.261 e. The normalized spacial score (nSPS) is 9.95. The second kappa shape index (κ2) is 6.03. The third kappa shape index (κ3) is 2.55. The molecule has 0 spiro atoms. The van der Waals surface area contributed by atoms with Crippen LogP contribution in [0.15, 0.2) is 42.6 Å². The minimum atomic E-state index is -0.226. The van der Waals surface area contributed by atoms with Crippen LogP contribution in [0, 0.1) is 0 Å². The highest BCUT2D eigenvalue weighted by Crippen LogP contribution is 2.28. The first-order valence-corrected chi connectivity index (χ1v) is 6.01. The summed E-state index contributed by atoms with van der Waals surface area (Å²) in [5.74, 6) is 6.10. The summed E-state index contributed by atoms with van der Waals surface area (Å²) >= 11 is 0. The van der Waals surface area contributed by atoms with Crippen molar-refractivity contribution >= 4 is 17.4 Å². The number of hydrogen-bond donors (Lipinski definition) is 2. The van der Waals surface area contributed by atoms with E-state index in [-0.39, 0.29) is 5.91 Å². The summed E-state index contributed by atoms with van der Waals surface area (Å²) in [5, 5.41) is 0. The van der Waals surface area contributed by atoms with Crippen molar-refractivity contribution in [2.45, 2.75) is 0 Å². The summed E-state index contributed by atoms with van der Waals surface area (Å²) in [6.07, 6.45) is 1.56. The van der Waals surface area contributed by atoms with E-state index in [0.29, 0.717) is 22.8 Å². The average molecular weight is 272 g/mol. The minimum absolute atomic E-state index is 0.226. The van der Waals surface area contributed by atoms with Gasteiger partial charge in [0.1, 0.15) is 5.75 Å². The highest BCUT2D eigenvalue weighted by molar-refractivity contribution is 6.09. The van der Waals surface area contributed by atoms with E-state index in [1.54, 1.807) is 38.6 Å². The number of benzene rings is 1. The van der Waals surface area contributed by atoms with Crippen molar-refractivity contribution in [1.82, 2.24) is 4.98 Å². The van der Waals surface area contributed by atoms with Crippen LogP contribution in [0.3, 0.4) is 0 Å². The molecule has 6 nitrogen and oxygen atoms in total. The number of nitrogens with one attached hydrogen (secondary N) is 1. The minimum Gasteiger partial charge on any atom is -0.495 e. The lowest BCUT2D eigenvalue weighted by atomic mass is 10.2. The Hall–Kier alpha value is -2.60. The molecule has 0 radical (unpaired) electrons. The van der Waals surface area contributed by atoms with Crippen LogP contribution in [0.1, 0.15) is 10.4 Å². The summed E-state index contributed by atoms with van der Waals surface area (Å²) in [7, 11) is 3.24. The standard InChI is InChI=1S/C14H16N4O2/c1-18(11-7-3-4-8-12(11)20-2)14(19)10-6-5-9-16-13(10)17-15/h3-9H,15H2,1-2H3,(H,16,17). The summed E-state index contributed by atoms with van der Waals surface area (Å²) < 4.78 is 5.26. The highest BCUT2D eigenvalue weighted by Gasteiger charge is 2.19. The van der Waals surface area contributed by atoms with Crippen molar-refractivity contribution in [3.8, 4) is 5.75 Å². The Labute approximate surface area is 117 Å². The molecule has 0 unspecified atom stereocenters. The number of ether oxygens (including phenoxy) is 1. The Balaban J connectivity index is 2.38. The van der Waals surface area contributed by atoms with Gasteiger partial charge >= 0.3 is 0 Å². The van der Waals surface area contributed by atoms with Gasteiger partial charge in [-0.1, -0.05) is 12.1 Å². The van der Waals surface area contributed by atoms with Crippen LogP contribution < -0.4 is 20.9 Å². The largest absolute Gasteiger partial charge is 0.495 e. The number of nitrogens with two attached hydrogens (primary N) is 1. The maximum atomic E-state index is 12.5. The molecule has 0 fully saturated rings. The van der Waals surface area contributed by atoms with Crippen molar-refractivity contribution in [2.75, 3.05) is 24.5 Å². The predicted octanol–water partition coefficient (Wildman–Crippen LogP) is 1.65. The van der Waals surface area contributed by atoms with Gasteiger partial charge in [0.2, 0.25) is 0 Å². The molecule has 2 aromatic rings. The van der Waals surface area contributed by atoms with Gasteiger partial charge in [-0.2, -0.15) is 0 Å². The summed E-state index contributed by atoms with van der Waals surface area (Å²) in [4.78, 5) is 18.0. The molecule has 1 aromatic carbocycles. The molecule has 1 aromatic heterocycles. The summed E-state index contributed by atoms with van der Waals surface area (Å²) in [5.41, 5.74) is 3.49. The molecule has 20 heavy (non-hydrogen) atoms. The third-order valence-corrected chi connectivity index (χ3v) is 2.93. The Kier molecular flexibility index (Phi) is 4.17. The zero-order valence-corrected chi connectivity index (χ0v) is 11.3. The van der Waals surface area contributed by atoms with Gasteiger partial charge in [0.25, 0.3) is 5.91 Å². The number of rotatable bonds is 4. The molecule has 0 bridgehead atoms. The number of amides is 1. The molecule has 0 saturated heterocycles. The number of anilines is 2. The van der Waals surface area contributed by atoms with Crippen LogP contribution in [-0.2, 0) is 0 Å². The number of carbonyl (C=O) groups excluding carboxylic acids is 1. The van der Waals surface area contributed by atoms with Crippen molar-refractivity contribution in [3.05, 3.63) is 48.2 Å². The fourth-order valence-electron chi connectivity index (χ4n) is 1.89. The van der Waals surface area contributed by atoms with Gasteiger partial charge in [0, 0.05) is 13.2 Å². The zero-order valence-electron chi connectivity index (χ0n) is 11.3. The lowest BCUT2D eigenvalue weighted by Crippen LogP contribution is -2.28. The van der Waals surface area contributed by atoms with Gasteiger partial charge in [0.05, 0.1) is 18.4 Å². The van der Waals surface area contributed by atoms with Crippen molar-refractivity contribution in [1.29, 1.82) is 0 Å². The van der Waals surface area contributed by atoms with E-state index >= 15 is 0 Å². The highest BCUT2D eigenvalue weighted by atomic mass is 16.5. The van der Waals surface area contributed by atoms with Crippen LogP contribution in [0.4, 0.5) is 11.5 Å². The van der Waals surface area contributed by atoms with Gasteiger partial charge in [-0.15, -0.1) is 0 Å². The second-order valence-electron chi connectivity index (χ2n) is 4.08. The lowest BCUT2D eigenvalue weighted by molar-refractivity contribution is 0.0993. The van der Waals surface area contributed by atoms with E-state index < -0.39 is 0 Å². The number of nitrogens with zero attached hydrogens (tertiary/aromatic N) is 2. The average Bonchev–Trinajstić information content (AvgIpc) is 2.53. The monoisotopic (exact) mass is 272 g/mol. The molecule has 0 atom stereocenters. The van der Waals surface area contributed by atoms with Crippen LogP contribution in [0.5, 0.6) is 5.75 Å². The van der Waals surface area contributed by atoms with Gasteiger partial charge in [-0.05, 0) is 24.3 Å². The number of para-hydroxylation sites is 2. The molecule has 1 amide bonds. The molecule has 1 heterocycles. The number of hydrogen-bond acceptors (Lipinski definition) is 5. The molecule has 2 rings (SSSR count). The number of pyridine rings is 1. The van der Waals surface area contributed by atoms with Crippen LogP contribution in [0.2, 0.25) is 0 Å². The van der Waals surface area contributed by atoms with Crippen molar-refractivity contribution in [3.63, 3.8) is 0 Å². The Morgan fingerprint density at radius 2 is 2.05 bits per heavy atom. The molecule has 3 N–H and O–H groups in total. The lowest BCUT2D eigenvalue weighted by Gasteiger charge is -2.20. The van der Waals surface area contributed by atoms with Crippen LogP contribution in [-0.4, -0.2) is 25.0 Å². The molecule has 104 valence electrons. The first-order valence-electron chi connectivity index (χ1n) is 6.01. The molecule has 0 saturated carbocycles. The quantitative estimate of drug-likeness (QED) is 0.653. The molecular formula is C14H16N4O2. The van der Waals surface area contributed by atoms with Crippen LogP contribution in [0.25, 0.3) is 0 Å². The van der Waals surface area contributed by atoms with Gasteiger partial charge < -0.3 is 15.1 Å². The van der Waals surface area contributed by atoms with Crippen molar-refractivity contribution < 1.29 is 9.53 Å². The maximum absolute atomic E-state index is 12.5. The first kappa shape index (κ1) is 13.8. The summed E-state index contributed by atoms with van der Waals surface area (Å²) in [6, 6.07) is 10.6. The molecule has 0 aliphatic rings. The number of carbonyl (C=O) groups is 1. The Morgan fingerprint density at radius 1 is 1.30 bits per heavy atom.